The fourth-order valence-electron chi connectivity index (χ4n) is 3.13. The van der Waals surface area contributed by atoms with E-state index in [0.717, 1.165) is 19.3 Å². The lowest BCUT2D eigenvalue weighted by Crippen LogP contribution is -2.37. The number of nitrogens with zero attached hydrogens (tertiary/aromatic N) is 1. The standard InChI is InChI=1S/C14H19ClN2O5S2/c15-12-8-13-10(7-14(12)24(16,20)21)4-5-17(13)23(18,19)9-11-3-1-2-6-22-11/h7-8,11H,1-6,9H2,(H2,16,20,21). The van der Waals surface area contributed by atoms with Crippen molar-refractivity contribution in [3.63, 3.8) is 0 Å². The minimum Gasteiger partial charge on any atom is -0.377 e. The summed E-state index contributed by atoms with van der Waals surface area (Å²) < 4.78 is 55.3. The molecule has 134 valence electrons. The van der Waals surface area contributed by atoms with Gasteiger partial charge in [0.25, 0.3) is 0 Å². The van der Waals surface area contributed by atoms with E-state index in [1.165, 1.54) is 16.4 Å². The molecule has 10 heteroatoms. The Morgan fingerprint density at radius 1 is 1.25 bits per heavy atom. The highest BCUT2D eigenvalue weighted by molar-refractivity contribution is 7.92. The Morgan fingerprint density at radius 3 is 2.62 bits per heavy atom. The SMILES string of the molecule is NS(=O)(=O)c1cc2c(cc1Cl)N(S(=O)(=O)CC1CCCCO1)CC2. The third kappa shape index (κ3) is 3.55. The zero-order valence-corrected chi connectivity index (χ0v) is 15.3. The summed E-state index contributed by atoms with van der Waals surface area (Å²) in [5.41, 5.74) is 1.03. The highest BCUT2D eigenvalue weighted by Crippen LogP contribution is 2.36. The molecule has 0 aromatic heterocycles. The monoisotopic (exact) mass is 394 g/mol. The van der Waals surface area contributed by atoms with Crippen LogP contribution in [0.2, 0.25) is 5.02 Å². The Morgan fingerprint density at radius 2 is 2.00 bits per heavy atom. The molecule has 24 heavy (non-hydrogen) atoms. The Bertz CT molecular complexity index is 848. The number of benzene rings is 1. The number of anilines is 1. The van der Waals surface area contributed by atoms with Crippen LogP contribution < -0.4 is 9.44 Å². The molecule has 1 aromatic carbocycles. The zero-order valence-electron chi connectivity index (χ0n) is 12.9. The van der Waals surface area contributed by atoms with Crippen LogP contribution in [0.3, 0.4) is 0 Å². The molecule has 1 saturated heterocycles. The van der Waals surface area contributed by atoms with Crippen molar-refractivity contribution >= 4 is 37.3 Å². The third-order valence-electron chi connectivity index (χ3n) is 4.30. The quantitative estimate of drug-likeness (QED) is 0.826. The fourth-order valence-corrected chi connectivity index (χ4v) is 6.00. The Balaban J connectivity index is 1.90. The normalized spacial score (nSPS) is 21.8. The van der Waals surface area contributed by atoms with Gasteiger partial charge in [-0.05, 0) is 43.4 Å². The molecule has 0 amide bonds. The maximum atomic E-state index is 12.7. The molecule has 1 aromatic rings. The molecular weight excluding hydrogens is 376 g/mol. The van der Waals surface area contributed by atoms with E-state index in [9.17, 15) is 16.8 Å². The molecule has 0 aliphatic carbocycles. The largest absolute Gasteiger partial charge is 0.377 e. The fraction of sp³-hybridized carbons (Fsp3) is 0.571. The first-order chi connectivity index (χ1) is 11.2. The van der Waals surface area contributed by atoms with Crippen molar-refractivity contribution in [3.05, 3.63) is 22.7 Å². The summed E-state index contributed by atoms with van der Waals surface area (Å²) >= 11 is 5.99. The van der Waals surface area contributed by atoms with Gasteiger partial charge >= 0.3 is 0 Å². The second-order valence-corrected chi connectivity index (χ2v) is 9.92. The van der Waals surface area contributed by atoms with E-state index < -0.39 is 20.0 Å². The van der Waals surface area contributed by atoms with E-state index in [0.29, 0.717) is 24.3 Å². The molecule has 0 spiro atoms. The van der Waals surface area contributed by atoms with Crippen LogP contribution in [-0.2, 0) is 31.2 Å². The van der Waals surface area contributed by atoms with Gasteiger partial charge in [-0.2, -0.15) is 0 Å². The van der Waals surface area contributed by atoms with Crippen LogP contribution in [0, 0.1) is 0 Å². The van der Waals surface area contributed by atoms with Gasteiger partial charge in [0.05, 0.1) is 22.6 Å². The smallest absolute Gasteiger partial charge is 0.239 e. The molecule has 2 aliphatic rings. The zero-order chi connectivity index (χ0) is 17.5. The van der Waals surface area contributed by atoms with Crippen molar-refractivity contribution < 1.29 is 21.6 Å². The summed E-state index contributed by atoms with van der Waals surface area (Å²) in [6, 6.07) is 2.72. The van der Waals surface area contributed by atoms with Gasteiger partial charge in [-0.1, -0.05) is 11.6 Å². The van der Waals surface area contributed by atoms with Crippen LogP contribution >= 0.6 is 11.6 Å². The number of ether oxygens (including phenoxy) is 1. The molecule has 1 fully saturated rings. The summed E-state index contributed by atoms with van der Waals surface area (Å²) in [7, 11) is -7.52. The number of nitrogens with two attached hydrogens (primary N) is 1. The van der Waals surface area contributed by atoms with Gasteiger partial charge in [-0.25, -0.2) is 22.0 Å². The van der Waals surface area contributed by atoms with Crippen LogP contribution in [0.1, 0.15) is 24.8 Å². The number of sulfonamides is 2. The Hall–Kier alpha value is -0.870. The molecule has 1 atom stereocenters. The molecule has 7 nitrogen and oxygen atoms in total. The lowest BCUT2D eigenvalue weighted by atomic mass is 10.1. The minimum absolute atomic E-state index is 0.0766. The number of primary sulfonamides is 1. The van der Waals surface area contributed by atoms with E-state index >= 15 is 0 Å². The molecular formula is C14H19ClN2O5S2. The van der Waals surface area contributed by atoms with Crippen LogP contribution in [0.5, 0.6) is 0 Å². The summed E-state index contributed by atoms with van der Waals surface area (Å²) in [5.74, 6) is -0.0823. The Kier molecular flexibility index (Phi) is 4.82. The molecule has 2 aliphatic heterocycles. The third-order valence-corrected chi connectivity index (χ3v) is 7.52. The molecule has 0 radical (unpaired) electrons. The second-order valence-electron chi connectivity index (χ2n) is 6.05. The van der Waals surface area contributed by atoms with E-state index in [1.54, 1.807) is 0 Å². The van der Waals surface area contributed by atoms with Crippen molar-refractivity contribution in [1.82, 2.24) is 0 Å². The first-order valence-electron chi connectivity index (χ1n) is 7.66. The van der Waals surface area contributed by atoms with Crippen LogP contribution in [0.4, 0.5) is 5.69 Å². The van der Waals surface area contributed by atoms with Gasteiger partial charge in [0, 0.05) is 13.2 Å². The number of halogens is 1. The Labute approximate surface area is 146 Å². The minimum atomic E-state index is -3.95. The molecule has 2 N–H and O–H groups in total. The predicted octanol–water partition coefficient (Wildman–Crippen LogP) is 1.25. The summed E-state index contributed by atoms with van der Waals surface area (Å²) in [4.78, 5) is -0.183. The van der Waals surface area contributed by atoms with Gasteiger partial charge in [0.15, 0.2) is 0 Å². The molecule has 2 heterocycles. The van der Waals surface area contributed by atoms with E-state index in [1.807, 2.05) is 0 Å². The summed E-state index contributed by atoms with van der Waals surface area (Å²) in [5, 5.41) is 5.06. The van der Waals surface area contributed by atoms with Crippen molar-refractivity contribution in [2.24, 2.45) is 5.14 Å². The maximum Gasteiger partial charge on any atom is 0.239 e. The highest BCUT2D eigenvalue weighted by Gasteiger charge is 2.33. The first kappa shape index (κ1) is 17.9. The van der Waals surface area contributed by atoms with E-state index in [4.69, 9.17) is 21.5 Å². The second kappa shape index (κ2) is 6.45. The van der Waals surface area contributed by atoms with Crippen LogP contribution in [0.15, 0.2) is 17.0 Å². The van der Waals surface area contributed by atoms with E-state index in [2.05, 4.69) is 0 Å². The van der Waals surface area contributed by atoms with Crippen LogP contribution in [-0.4, -0.2) is 41.8 Å². The van der Waals surface area contributed by atoms with Crippen molar-refractivity contribution in [2.75, 3.05) is 23.2 Å². The lowest BCUT2D eigenvalue weighted by Gasteiger charge is -2.26. The topological polar surface area (TPSA) is 107 Å². The van der Waals surface area contributed by atoms with E-state index in [-0.39, 0.29) is 28.3 Å². The molecule has 0 saturated carbocycles. The average Bonchev–Trinajstić information content (AvgIpc) is 2.89. The molecule has 0 bridgehead atoms. The van der Waals surface area contributed by atoms with Gasteiger partial charge in [0.1, 0.15) is 4.90 Å². The van der Waals surface area contributed by atoms with Gasteiger partial charge in [-0.15, -0.1) is 0 Å². The molecule has 3 rings (SSSR count). The first-order valence-corrected chi connectivity index (χ1v) is 11.2. The summed E-state index contributed by atoms with van der Waals surface area (Å²) in [6.07, 6.45) is 2.76. The van der Waals surface area contributed by atoms with Crippen molar-refractivity contribution in [3.8, 4) is 0 Å². The van der Waals surface area contributed by atoms with Crippen molar-refractivity contribution in [2.45, 2.75) is 36.7 Å². The van der Waals surface area contributed by atoms with Gasteiger partial charge in [-0.3, -0.25) is 4.31 Å². The average molecular weight is 395 g/mol. The summed E-state index contributed by atoms with van der Waals surface area (Å²) in [6.45, 7) is 0.842. The predicted molar refractivity (Wildman–Crippen MR) is 91.3 cm³/mol. The van der Waals surface area contributed by atoms with Crippen molar-refractivity contribution in [1.29, 1.82) is 0 Å². The lowest BCUT2D eigenvalue weighted by molar-refractivity contribution is 0.0305. The van der Waals surface area contributed by atoms with Gasteiger partial charge in [0.2, 0.25) is 20.0 Å². The number of hydrogen-bond donors (Lipinski definition) is 1. The number of hydrogen-bond acceptors (Lipinski definition) is 5. The number of rotatable bonds is 4. The van der Waals surface area contributed by atoms with Gasteiger partial charge < -0.3 is 4.74 Å². The number of fused-ring (bicyclic) bond motifs is 1. The molecule has 1 unspecified atom stereocenters. The van der Waals surface area contributed by atoms with Crippen LogP contribution in [0.25, 0.3) is 0 Å². The maximum absolute atomic E-state index is 12.7. The highest BCUT2D eigenvalue weighted by atomic mass is 35.5.